The number of carbonyl (C=O) groups is 1. The summed E-state index contributed by atoms with van der Waals surface area (Å²) in [4.78, 5) is 17.3. The van der Waals surface area contributed by atoms with Crippen LogP contribution in [0.4, 0.5) is 5.69 Å². The van der Waals surface area contributed by atoms with Crippen LogP contribution in [0, 0.1) is 20.8 Å². The minimum absolute atomic E-state index is 0.0586. The number of anilines is 1. The average molecular weight is 493 g/mol. The summed E-state index contributed by atoms with van der Waals surface area (Å²) in [5, 5.41) is 8.68. The monoisotopic (exact) mass is 492 g/mol. The number of hydrogen-bond acceptors (Lipinski definition) is 4. The molecule has 0 bridgehead atoms. The van der Waals surface area contributed by atoms with Gasteiger partial charge < -0.3 is 10.1 Å². The van der Waals surface area contributed by atoms with Gasteiger partial charge in [-0.25, -0.2) is 4.68 Å². The number of methoxy groups -OCH3 is 1. The van der Waals surface area contributed by atoms with E-state index in [1.54, 1.807) is 7.11 Å². The van der Waals surface area contributed by atoms with E-state index in [1.165, 1.54) is 5.56 Å². The first kappa shape index (κ1) is 22.0. The van der Waals surface area contributed by atoms with Gasteiger partial charge in [0.15, 0.2) is 5.65 Å². The van der Waals surface area contributed by atoms with Crippen LogP contribution in [-0.2, 0) is 11.2 Å². The Morgan fingerprint density at radius 1 is 1.12 bits per heavy atom. The molecule has 2 heterocycles. The van der Waals surface area contributed by atoms with Gasteiger partial charge >= 0.3 is 0 Å². The van der Waals surface area contributed by atoms with E-state index < -0.39 is 0 Å². The standard InChI is InChI=1S/C25H25BrN4O2/c1-15-8-10-20(11-9-15)30-24-23(17(3)29-30)16(2)21(25(28-24)32-4)12-13-22(31)27-19-7-5-6-18(26)14-19/h5-11,14H,12-13H2,1-4H3,(H,27,31). The lowest BCUT2D eigenvalue weighted by Gasteiger charge is -2.13. The van der Waals surface area contributed by atoms with E-state index in [9.17, 15) is 4.79 Å². The molecule has 0 saturated heterocycles. The number of pyridine rings is 1. The lowest BCUT2D eigenvalue weighted by Crippen LogP contribution is -2.13. The fraction of sp³-hybridized carbons (Fsp3) is 0.240. The van der Waals surface area contributed by atoms with Gasteiger partial charge in [0.1, 0.15) is 0 Å². The molecule has 0 fully saturated rings. The van der Waals surface area contributed by atoms with Gasteiger partial charge in [-0.15, -0.1) is 0 Å². The zero-order valence-corrected chi connectivity index (χ0v) is 20.2. The first-order valence-corrected chi connectivity index (χ1v) is 11.2. The van der Waals surface area contributed by atoms with E-state index in [-0.39, 0.29) is 5.91 Å². The number of amides is 1. The van der Waals surface area contributed by atoms with Crippen molar-refractivity contribution in [1.82, 2.24) is 14.8 Å². The van der Waals surface area contributed by atoms with Crippen molar-refractivity contribution in [3.63, 3.8) is 0 Å². The molecule has 0 aliphatic rings. The van der Waals surface area contributed by atoms with E-state index in [0.29, 0.717) is 18.7 Å². The zero-order valence-electron chi connectivity index (χ0n) is 18.6. The van der Waals surface area contributed by atoms with Gasteiger partial charge in [0.25, 0.3) is 0 Å². The summed E-state index contributed by atoms with van der Waals surface area (Å²) < 4.78 is 8.40. The molecular formula is C25H25BrN4O2. The molecule has 2 aromatic carbocycles. The van der Waals surface area contributed by atoms with E-state index in [0.717, 1.165) is 43.7 Å². The number of hydrogen-bond donors (Lipinski definition) is 1. The number of aromatic nitrogens is 3. The van der Waals surface area contributed by atoms with Gasteiger partial charge in [-0.2, -0.15) is 10.1 Å². The van der Waals surface area contributed by atoms with Crippen LogP contribution in [0.25, 0.3) is 16.7 Å². The molecule has 0 atom stereocenters. The number of aryl methyl sites for hydroxylation is 3. The third-order valence-electron chi connectivity index (χ3n) is 5.51. The van der Waals surface area contributed by atoms with Crippen molar-refractivity contribution < 1.29 is 9.53 Å². The average Bonchev–Trinajstić information content (AvgIpc) is 3.09. The topological polar surface area (TPSA) is 69.0 Å². The largest absolute Gasteiger partial charge is 0.481 e. The third kappa shape index (κ3) is 4.39. The number of carbonyl (C=O) groups excluding carboxylic acids is 1. The normalized spacial score (nSPS) is 11.0. The second kappa shape index (κ2) is 9.12. The molecule has 0 unspecified atom stereocenters. The highest BCUT2D eigenvalue weighted by Gasteiger charge is 2.20. The fourth-order valence-corrected chi connectivity index (χ4v) is 4.29. The summed E-state index contributed by atoms with van der Waals surface area (Å²) in [5.74, 6) is 0.468. The van der Waals surface area contributed by atoms with Crippen molar-refractivity contribution >= 4 is 38.6 Å². The Labute approximate surface area is 195 Å². The highest BCUT2D eigenvalue weighted by Crippen LogP contribution is 2.32. The highest BCUT2D eigenvalue weighted by atomic mass is 79.9. The fourth-order valence-electron chi connectivity index (χ4n) is 3.89. The lowest BCUT2D eigenvalue weighted by molar-refractivity contribution is -0.116. The van der Waals surface area contributed by atoms with Crippen molar-refractivity contribution in [3.8, 4) is 11.6 Å². The van der Waals surface area contributed by atoms with Crippen LogP contribution in [0.5, 0.6) is 5.88 Å². The van der Waals surface area contributed by atoms with Crippen LogP contribution in [0.1, 0.15) is 28.8 Å². The third-order valence-corrected chi connectivity index (χ3v) is 6.00. The second-order valence-corrected chi connectivity index (χ2v) is 8.73. The summed E-state index contributed by atoms with van der Waals surface area (Å²) >= 11 is 3.42. The van der Waals surface area contributed by atoms with Crippen molar-refractivity contribution in [1.29, 1.82) is 0 Å². The van der Waals surface area contributed by atoms with Gasteiger partial charge in [0, 0.05) is 27.5 Å². The molecule has 6 nitrogen and oxygen atoms in total. The van der Waals surface area contributed by atoms with Crippen molar-refractivity contribution in [2.24, 2.45) is 0 Å². The van der Waals surface area contributed by atoms with Crippen molar-refractivity contribution in [2.75, 3.05) is 12.4 Å². The summed E-state index contributed by atoms with van der Waals surface area (Å²) in [6.07, 6.45) is 0.842. The summed E-state index contributed by atoms with van der Waals surface area (Å²) in [6.45, 7) is 6.08. The minimum atomic E-state index is -0.0586. The Morgan fingerprint density at radius 3 is 2.56 bits per heavy atom. The zero-order chi connectivity index (χ0) is 22.8. The van der Waals surface area contributed by atoms with Crippen molar-refractivity contribution in [2.45, 2.75) is 33.6 Å². The van der Waals surface area contributed by atoms with Crippen molar-refractivity contribution in [3.05, 3.63) is 75.4 Å². The van der Waals surface area contributed by atoms with E-state index >= 15 is 0 Å². The molecule has 0 aliphatic carbocycles. The Hall–Kier alpha value is -3.19. The molecule has 4 aromatic rings. The SMILES string of the molecule is COc1nc2c(c(C)nn2-c2ccc(C)cc2)c(C)c1CCC(=O)Nc1cccc(Br)c1. The quantitative estimate of drug-likeness (QED) is 0.375. The molecule has 0 saturated carbocycles. The number of ether oxygens (including phenoxy) is 1. The molecule has 7 heteroatoms. The van der Waals surface area contributed by atoms with E-state index in [1.807, 2.05) is 54.9 Å². The van der Waals surface area contributed by atoms with E-state index in [4.69, 9.17) is 14.8 Å². The maximum absolute atomic E-state index is 12.6. The maximum Gasteiger partial charge on any atom is 0.224 e. The first-order valence-electron chi connectivity index (χ1n) is 10.4. The number of nitrogens with one attached hydrogen (secondary N) is 1. The smallest absolute Gasteiger partial charge is 0.224 e. The Morgan fingerprint density at radius 2 is 1.88 bits per heavy atom. The Balaban J connectivity index is 1.65. The predicted molar refractivity (Wildman–Crippen MR) is 131 cm³/mol. The number of halogens is 1. The number of rotatable bonds is 6. The second-order valence-electron chi connectivity index (χ2n) is 7.81. The Kier molecular flexibility index (Phi) is 6.28. The first-order chi connectivity index (χ1) is 15.4. The number of fused-ring (bicyclic) bond motifs is 1. The number of nitrogens with zero attached hydrogens (tertiary/aromatic N) is 3. The minimum Gasteiger partial charge on any atom is -0.481 e. The highest BCUT2D eigenvalue weighted by molar-refractivity contribution is 9.10. The van der Waals surface area contributed by atoms with E-state index in [2.05, 4.69) is 40.3 Å². The molecule has 4 rings (SSSR count). The lowest BCUT2D eigenvalue weighted by atomic mass is 10.0. The van der Waals surface area contributed by atoms with Crippen LogP contribution in [-0.4, -0.2) is 27.8 Å². The van der Waals surface area contributed by atoms with Gasteiger partial charge in [-0.3, -0.25) is 4.79 Å². The predicted octanol–water partition coefficient (Wildman–Crippen LogP) is 5.69. The van der Waals surface area contributed by atoms with Crippen LogP contribution >= 0.6 is 15.9 Å². The summed E-state index contributed by atoms with van der Waals surface area (Å²) in [5.41, 5.74) is 6.51. The van der Waals surface area contributed by atoms with Gasteiger partial charge in [0.05, 0.1) is 18.5 Å². The molecule has 1 N–H and O–H groups in total. The Bertz CT molecular complexity index is 1300. The molecule has 1 amide bonds. The van der Waals surface area contributed by atoms with Gasteiger partial charge in [0.2, 0.25) is 11.8 Å². The van der Waals surface area contributed by atoms with Crippen LogP contribution in [0.2, 0.25) is 0 Å². The van der Waals surface area contributed by atoms with Gasteiger partial charge in [-0.1, -0.05) is 39.7 Å². The summed E-state index contributed by atoms with van der Waals surface area (Å²) in [6, 6.07) is 15.7. The molecule has 2 aromatic heterocycles. The number of benzene rings is 2. The van der Waals surface area contributed by atoms with Crippen LogP contribution in [0.15, 0.2) is 53.0 Å². The molecule has 0 spiro atoms. The van der Waals surface area contributed by atoms with Gasteiger partial charge in [-0.05, 0) is 63.1 Å². The molecule has 164 valence electrons. The molecule has 0 radical (unpaired) electrons. The molecular weight excluding hydrogens is 468 g/mol. The molecule has 32 heavy (non-hydrogen) atoms. The van der Waals surface area contributed by atoms with Crippen LogP contribution in [0.3, 0.4) is 0 Å². The molecule has 0 aliphatic heterocycles. The van der Waals surface area contributed by atoms with Crippen LogP contribution < -0.4 is 10.1 Å². The summed E-state index contributed by atoms with van der Waals surface area (Å²) in [7, 11) is 1.61. The maximum atomic E-state index is 12.6.